The van der Waals surface area contributed by atoms with E-state index >= 15 is 0 Å². The van der Waals surface area contributed by atoms with Crippen LogP contribution in [0.2, 0.25) is 0 Å². The molecule has 2 atom stereocenters. The van der Waals surface area contributed by atoms with E-state index in [9.17, 15) is 0 Å². The summed E-state index contributed by atoms with van der Waals surface area (Å²) in [4.78, 5) is 0. The van der Waals surface area contributed by atoms with Crippen molar-refractivity contribution in [3.8, 4) is 0 Å². The zero-order chi connectivity index (χ0) is 17.1. The van der Waals surface area contributed by atoms with E-state index < -0.39 is 0 Å². The van der Waals surface area contributed by atoms with Crippen LogP contribution in [0.25, 0.3) is 0 Å². The number of rotatable bonds is 4. The molecular formula is C24H39NiP. The fourth-order valence-electron chi connectivity index (χ4n) is 6.84. The van der Waals surface area contributed by atoms with E-state index in [4.69, 9.17) is 0 Å². The Labute approximate surface area is 173 Å². The van der Waals surface area contributed by atoms with Crippen molar-refractivity contribution < 1.29 is 16.5 Å². The summed E-state index contributed by atoms with van der Waals surface area (Å²) in [6, 6.07) is 0. The van der Waals surface area contributed by atoms with Gasteiger partial charge in [0.05, 0.1) is 0 Å². The Kier molecular flexibility index (Phi) is 7.92. The van der Waals surface area contributed by atoms with Crippen LogP contribution in [0, 0.1) is 11.8 Å². The largest absolute Gasteiger partial charge is 0.0939 e. The van der Waals surface area contributed by atoms with Gasteiger partial charge in [-0.2, -0.15) is 0 Å². The normalized spacial score (nSPS) is 34.3. The second-order valence-electron chi connectivity index (χ2n) is 9.55. The topological polar surface area (TPSA) is 0 Å². The van der Waals surface area contributed by atoms with Gasteiger partial charge in [-0.05, 0) is 66.8 Å². The summed E-state index contributed by atoms with van der Waals surface area (Å²) < 4.78 is 0. The summed E-state index contributed by atoms with van der Waals surface area (Å²) in [6.07, 6.45) is 31.1. The van der Waals surface area contributed by atoms with Gasteiger partial charge >= 0.3 is 0 Å². The van der Waals surface area contributed by atoms with Crippen molar-refractivity contribution in [2.24, 2.45) is 11.8 Å². The molecule has 0 aromatic rings. The molecule has 0 aliphatic heterocycles. The molecule has 26 heavy (non-hydrogen) atoms. The monoisotopic (exact) mass is 416 g/mol. The first-order valence-corrected chi connectivity index (χ1v) is 12.9. The quantitative estimate of drug-likeness (QED) is 0.323. The van der Waals surface area contributed by atoms with Gasteiger partial charge < -0.3 is 0 Å². The first-order chi connectivity index (χ1) is 12.3. The SMILES string of the molecule is CC1(P(C2CCCCC2)C2CCCCC2)CCCCC1C1C=CC=C1.[Ni]. The Morgan fingerprint density at radius 2 is 1.19 bits per heavy atom. The van der Waals surface area contributed by atoms with Crippen LogP contribution in [0.5, 0.6) is 0 Å². The van der Waals surface area contributed by atoms with E-state index in [1.807, 2.05) is 0 Å². The summed E-state index contributed by atoms with van der Waals surface area (Å²) in [5.74, 6) is 1.69. The van der Waals surface area contributed by atoms with E-state index in [1.54, 1.807) is 25.7 Å². The van der Waals surface area contributed by atoms with Crippen LogP contribution in [-0.2, 0) is 16.5 Å². The smallest absolute Gasteiger partial charge is 0 e. The third kappa shape index (κ3) is 4.35. The maximum absolute atomic E-state index is 2.78. The van der Waals surface area contributed by atoms with Gasteiger partial charge in [-0.25, -0.2) is 0 Å². The number of hydrogen-bond donors (Lipinski definition) is 0. The van der Waals surface area contributed by atoms with Crippen LogP contribution >= 0.6 is 7.92 Å². The minimum absolute atomic E-state index is 0. The summed E-state index contributed by atoms with van der Waals surface area (Å²) >= 11 is 0. The van der Waals surface area contributed by atoms with E-state index in [2.05, 4.69) is 31.2 Å². The predicted octanol–water partition coefficient (Wildman–Crippen LogP) is 7.82. The zero-order valence-electron chi connectivity index (χ0n) is 16.8. The molecule has 0 aromatic heterocycles. The molecule has 3 saturated carbocycles. The van der Waals surface area contributed by atoms with E-state index in [0.29, 0.717) is 5.16 Å². The molecular weight excluding hydrogens is 378 g/mol. The molecule has 0 radical (unpaired) electrons. The van der Waals surface area contributed by atoms with Crippen LogP contribution in [0.4, 0.5) is 0 Å². The molecule has 0 aromatic carbocycles. The van der Waals surface area contributed by atoms with Gasteiger partial charge in [0.2, 0.25) is 0 Å². The molecule has 0 bridgehead atoms. The molecule has 0 nitrogen and oxygen atoms in total. The van der Waals surface area contributed by atoms with Crippen molar-refractivity contribution in [1.82, 2.24) is 0 Å². The maximum Gasteiger partial charge on any atom is 0 e. The average Bonchev–Trinajstić information content (AvgIpc) is 3.18. The molecule has 4 aliphatic carbocycles. The minimum Gasteiger partial charge on any atom is -0.0939 e. The van der Waals surface area contributed by atoms with Crippen LogP contribution in [0.3, 0.4) is 0 Å². The van der Waals surface area contributed by atoms with Crippen molar-refractivity contribution in [1.29, 1.82) is 0 Å². The molecule has 0 spiro atoms. The molecule has 0 heterocycles. The molecule has 2 unspecified atom stereocenters. The fraction of sp³-hybridized carbons (Fsp3) is 0.833. The Morgan fingerprint density at radius 3 is 1.73 bits per heavy atom. The average molecular weight is 417 g/mol. The standard InChI is InChI=1S/C24H39P.Ni/c1-24(19-11-10-18-23(24)20-12-8-9-13-20)25(21-14-4-2-5-15-21)22-16-6-3-7-17-22;/h8-9,12-13,20-23H,2-7,10-11,14-19H2,1H3;. The van der Waals surface area contributed by atoms with Gasteiger partial charge in [-0.15, -0.1) is 0 Å². The number of allylic oxidation sites excluding steroid dienone is 4. The van der Waals surface area contributed by atoms with Crippen molar-refractivity contribution >= 4 is 7.92 Å². The zero-order valence-corrected chi connectivity index (χ0v) is 18.7. The van der Waals surface area contributed by atoms with Gasteiger partial charge in [-0.1, -0.05) is 90.5 Å². The van der Waals surface area contributed by atoms with Gasteiger partial charge in [0.1, 0.15) is 0 Å². The van der Waals surface area contributed by atoms with Gasteiger partial charge in [-0.3, -0.25) is 0 Å². The van der Waals surface area contributed by atoms with Crippen molar-refractivity contribution in [3.05, 3.63) is 24.3 Å². The van der Waals surface area contributed by atoms with Crippen LogP contribution in [-0.4, -0.2) is 16.5 Å². The minimum atomic E-state index is 0. The summed E-state index contributed by atoms with van der Waals surface area (Å²) in [7, 11) is 0.180. The third-order valence-corrected chi connectivity index (χ3v) is 12.4. The Bertz CT molecular complexity index is 456. The predicted molar refractivity (Wildman–Crippen MR) is 113 cm³/mol. The second kappa shape index (κ2) is 9.74. The molecule has 150 valence electrons. The summed E-state index contributed by atoms with van der Waals surface area (Å²) in [5.41, 5.74) is 2.21. The second-order valence-corrected chi connectivity index (χ2v) is 12.8. The Morgan fingerprint density at radius 1 is 0.692 bits per heavy atom. The first kappa shape index (κ1) is 21.1. The van der Waals surface area contributed by atoms with Crippen molar-refractivity contribution in [2.45, 2.75) is 113 Å². The number of hydrogen-bond acceptors (Lipinski definition) is 0. The van der Waals surface area contributed by atoms with Crippen LogP contribution in [0.15, 0.2) is 24.3 Å². The van der Waals surface area contributed by atoms with E-state index in [-0.39, 0.29) is 24.4 Å². The third-order valence-electron chi connectivity index (χ3n) is 8.02. The fourth-order valence-corrected chi connectivity index (χ4v) is 12.0. The first-order valence-electron chi connectivity index (χ1n) is 11.4. The molecule has 0 amide bonds. The van der Waals surface area contributed by atoms with Gasteiger partial charge in [0.25, 0.3) is 0 Å². The van der Waals surface area contributed by atoms with Crippen LogP contribution < -0.4 is 0 Å². The van der Waals surface area contributed by atoms with Crippen molar-refractivity contribution in [2.75, 3.05) is 0 Å². The molecule has 3 fully saturated rings. The molecule has 4 aliphatic rings. The summed E-state index contributed by atoms with van der Waals surface area (Å²) in [6.45, 7) is 2.78. The Balaban J connectivity index is 0.00000196. The van der Waals surface area contributed by atoms with E-state index in [1.165, 1.54) is 64.2 Å². The van der Waals surface area contributed by atoms with Crippen molar-refractivity contribution in [3.63, 3.8) is 0 Å². The molecule has 0 saturated heterocycles. The molecule has 4 rings (SSSR count). The molecule has 2 heteroatoms. The van der Waals surface area contributed by atoms with Gasteiger partial charge in [0, 0.05) is 16.5 Å². The summed E-state index contributed by atoms with van der Waals surface area (Å²) in [5, 5.41) is 0.654. The van der Waals surface area contributed by atoms with E-state index in [0.717, 1.165) is 23.2 Å². The maximum atomic E-state index is 2.78. The van der Waals surface area contributed by atoms with Gasteiger partial charge in [0.15, 0.2) is 0 Å². The van der Waals surface area contributed by atoms with Crippen LogP contribution in [0.1, 0.15) is 96.8 Å². The Hall–Kier alpha value is 0.404. The molecule has 0 N–H and O–H groups in total.